The van der Waals surface area contributed by atoms with Crippen LogP contribution >= 0.6 is 0 Å². The van der Waals surface area contributed by atoms with Gasteiger partial charge in [-0.05, 0) is 42.7 Å². The monoisotopic (exact) mass is 271 g/mol. The van der Waals surface area contributed by atoms with Gasteiger partial charge in [0.25, 0.3) is 0 Å². The van der Waals surface area contributed by atoms with Gasteiger partial charge < -0.3 is 15.6 Å². The fourth-order valence-electron chi connectivity index (χ4n) is 2.03. The summed E-state index contributed by atoms with van der Waals surface area (Å²) in [7, 11) is 0. The smallest absolute Gasteiger partial charge is 0.119 e. The number of aliphatic hydroxyl groups is 1. The Labute approximate surface area is 120 Å². The van der Waals surface area contributed by atoms with Gasteiger partial charge in [0.1, 0.15) is 5.75 Å². The number of ether oxygens (including phenoxy) is 1. The molecule has 3 heteroatoms. The van der Waals surface area contributed by atoms with E-state index < -0.39 is 6.10 Å². The first-order chi connectivity index (χ1) is 9.60. The Morgan fingerprint density at radius 2 is 1.45 bits per heavy atom. The number of hydrogen-bond donors (Lipinski definition) is 2. The van der Waals surface area contributed by atoms with Crippen LogP contribution in [0.1, 0.15) is 25.5 Å². The summed E-state index contributed by atoms with van der Waals surface area (Å²) in [5.41, 5.74) is 8.52. The van der Waals surface area contributed by atoms with Crippen molar-refractivity contribution in [2.24, 2.45) is 5.73 Å². The van der Waals surface area contributed by atoms with Crippen molar-refractivity contribution in [3.63, 3.8) is 0 Å². The third-order valence-corrected chi connectivity index (χ3v) is 3.08. The maximum atomic E-state index is 9.67. The lowest BCUT2D eigenvalue weighted by Crippen LogP contribution is -2.11. The van der Waals surface area contributed by atoms with Crippen molar-refractivity contribution < 1.29 is 9.84 Å². The molecule has 0 spiro atoms. The molecule has 0 aliphatic carbocycles. The van der Waals surface area contributed by atoms with Gasteiger partial charge in [-0.3, -0.25) is 0 Å². The maximum Gasteiger partial charge on any atom is 0.119 e. The number of aliphatic hydroxyl groups excluding tert-OH is 1. The molecule has 0 aliphatic heterocycles. The second-order valence-electron chi connectivity index (χ2n) is 5.06. The third-order valence-electron chi connectivity index (χ3n) is 3.08. The fraction of sp³-hybridized carbons (Fsp3) is 0.294. The van der Waals surface area contributed by atoms with Crippen LogP contribution in [0.25, 0.3) is 11.1 Å². The van der Waals surface area contributed by atoms with E-state index in [9.17, 15) is 5.11 Å². The minimum Gasteiger partial charge on any atom is -0.491 e. The van der Waals surface area contributed by atoms with E-state index in [-0.39, 0.29) is 12.6 Å². The Bertz CT molecular complexity index is 532. The number of benzene rings is 2. The molecule has 0 bridgehead atoms. The van der Waals surface area contributed by atoms with Crippen LogP contribution in [-0.2, 0) is 0 Å². The molecule has 2 aromatic carbocycles. The van der Waals surface area contributed by atoms with Crippen LogP contribution < -0.4 is 10.5 Å². The van der Waals surface area contributed by atoms with Gasteiger partial charge in [-0.25, -0.2) is 0 Å². The highest BCUT2D eigenvalue weighted by atomic mass is 16.5. The summed E-state index contributed by atoms with van der Waals surface area (Å²) < 4.78 is 5.62. The third kappa shape index (κ3) is 3.59. The zero-order valence-electron chi connectivity index (χ0n) is 11.9. The zero-order chi connectivity index (χ0) is 14.5. The van der Waals surface area contributed by atoms with Crippen LogP contribution in [0, 0.1) is 0 Å². The van der Waals surface area contributed by atoms with Gasteiger partial charge in [0, 0.05) is 6.54 Å². The van der Waals surface area contributed by atoms with E-state index in [4.69, 9.17) is 10.5 Å². The number of rotatable bonds is 5. The average molecular weight is 271 g/mol. The van der Waals surface area contributed by atoms with Crippen LogP contribution in [0.15, 0.2) is 48.5 Å². The van der Waals surface area contributed by atoms with Crippen molar-refractivity contribution >= 4 is 0 Å². The molecule has 0 heterocycles. The van der Waals surface area contributed by atoms with Gasteiger partial charge in [0.15, 0.2) is 0 Å². The largest absolute Gasteiger partial charge is 0.491 e. The minimum absolute atomic E-state index is 0.179. The SMILES string of the molecule is CC(C)Oc1ccc(-c2ccc(C(O)CN)cc2)cc1. The van der Waals surface area contributed by atoms with Gasteiger partial charge in [-0.15, -0.1) is 0 Å². The molecule has 3 nitrogen and oxygen atoms in total. The van der Waals surface area contributed by atoms with E-state index in [1.165, 1.54) is 0 Å². The Morgan fingerprint density at radius 3 is 1.90 bits per heavy atom. The van der Waals surface area contributed by atoms with Crippen molar-refractivity contribution in [2.45, 2.75) is 26.1 Å². The molecule has 3 N–H and O–H groups in total. The molecule has 0 saturated carbocycles. The zero-order valence-corrected chi connectivity index (χ0v) is 11.9. The van der Waals surface area contributed by atoms with Crippen molar-refractivity contribution in [1.29, 1.82) is 0 Å². The van der Waals surface area contributed by atoms with Gasteiger partial charge in [0.2, 0.25) is 0 Å². The molecule has 106 valence electrons. The molecule has 0 saturated heterocycles. The first-order valence-electron chi connectivity index (χ1n) is 6.85. The Hall–Kier alpha value is -1.84. The van der Waals surface area contributed by atoms with Crippen LogP contribution in [0.3, 0.4) is 0 Å². The standard InChI is InChI=1S/C17H21NO2/c1-12(2)20-16-9-7-14(8-10-16)13-3-5-15(6-4-13)17(19)11-18/h3-10,12,17,19H,11,18H2,1-2H3. The predicted octanol–water partition coefficient (Wildman–Crippen LogP) is 3.13. The van der Waals surface area contributed by atoms with Crippen LogP contribution in [0.5, 0.6) is 5.75 Å². The molecular weight excluding hydrogens is 250 g/mol. The molecule has 1 atom stereocenters. The Kier molecular flexibility index (Phi) is 4.77. The van der Waals surface area contributed by atoms with Crippen LogP contribution in [-0.4, -0.2) is 17.8 Å². The van der Waals surface area contributed by atoms with E-state index >= 15 is 0 Å². The highest BCUT2D eigenvalue weighted by molar-refractivity contribution is 5.64. The summed E-state index contributed by atoms with van der Waals surface area (Å²) in [4.78, 5) is 0. The summed E-state index contributed by atoms with van der Waals surface area (Å²) in [6.45, 7) is 4.26. The molecule has 2 aromatic rings. The highest BCUT2D eigenvalue weighted by Gasteiger charge is 2.05. The first-order valence-corrected chi connectivity index (χ1v) is 6.85. The number of hydrogen-bond acceptors (Lipinski definition) is 3. The topological polar surface area (TPSA) is 55.5 Å². The molecule has 0 amide bonds. The van der Waals surface area contributed by atoms with Crippen LogP contribution in [0.4, 0.5) is 0 Å². The Balaban J connectivity index is 2.15. The molecule has 0 fully saturated rings. The van der Waals surface area contributed by atoms with Crippen molar-refractivity contribution in [3.05, 3.63) is 54.1 Å². The molecule has 20 heavy (non-hydrogen) atoms. The highest BCUT2D eigenvalue weighted by Crippen LogP contribution is 2.24. The van der Waals surface area contributed by atoms with Gasteiger partial charge in [-0.1, -0.05) is 36.4 Å². The van der Waals surface area contributed by atoms with E-state index in [1.807, 2.05) is 62.4 Å². The van der Waals surface area contributed by atoms with Crippen molar-refractivity contribution in [1.82, 2.24) is 0 Å². The maximum absolute atomic E-state index is 9.67. The molecule has 2 rings (SSSR count). The summed E-state index contributed by atoms with van der Waals surface area (Å²) in [6, 6.07) is 15.8. The molecule has 0 aliphatic rings. The lowest BCUT2D eigenvalue weighted by atomic mass is 10.0. The predicted molar refractivity (Wildman–Crippen MR) is 81.7 cm³/mol. The quantitative estimate of drug-likeness (QED) is 0.878. The van der Waals surface area contributed by atoms with Gasteiger partial charge >= 0.3 is 0 Å². The van der Waals surface area contributed by atoms with Gasteiger partial charge in [0.05, 0.1) is 12.2 Å². The van der Waals surface area contributed by atoms with E-state index in [0.29, 0.717) is 0 Å². The molecular formula is C17H21NO2. The first kappa shape index (κ1) is 14.6. The summed E-state index contributed by atoms with van der Waals surface area (Å²) >= 11 is 0. The molecule has 1 unspecified atom stereocenters. The summed E-state index contributed by atoms with van der Waals surface area (Å²) in [5, 5.41) is 9.67. The molecule has 0 radical (unpaired) electrons. The average Bonchev–Trinajstić information content (AvgIpc) is 2.47. The second kappa shape index (κ2) is 6.55. The Morgan fingerprint density at radius 1 is 0.950 bits per heavy atom. The number of nitrogens with two attached hydrogens (primary N) is 1. The van der Waals surface area contributed by atoms with E-state index in [1.54, 1.807) is 0 Å². The van der Waals surface area contributed by atoms with Crippen molar-refractivity contribution in [2.75, 3.05) is 6.54 Å². The van der Waals surface area contributed by atoms with Crippen molar-refractivity contribution in [3.8, 4) is 16.9 Å². The lowest BCUT2D eigenvalue weighted by molar-refractivity contribution is 0.187. The second-order valence-corrected chi connectivity index (χ2v) is 5.06. The minimum atomic E-state index is -0.592. The van der Waals surface area contributed by atoms with Crippen LogP contribution in [0.2, 0.25) is 0 Å². The normalized spacial score (nSPS) is 12.4. The lowest BCUT2D eigenvalue weighted by Gasteiger charge is -2.11. The summed E-state index contributed by atoms with van der Waals surface area (Å²) in [5.74, 6) is 0.874. The van der Waals surface area contributed by atoms with E-state index in [0.717, 1.165) is 22.4 Å². The van der Waals surface area contributed by atoms with E-state index in [2.05, 4.69) is 0 Å². The molecule has 0 aromatic heterocycles. The summed E-state index contributed by atoms with van der Waals surface area (Å²) in [6.07, 6.45) is -0.413. The van der Waals surface area contributed by atoms with Gasteiger partial charge in [-0.2, -0.15) is 0 Å². The fourth-order valence-corrected chi connectivity index (χ4v) is 2.03.